The molecular weight excluding hydrogens is 400 g/mol. The van der Waals surface area contributed by atoms with E-state index < -0.39 is 0 Å². The summed E-state index contributed by atoms with van der Waals surface area (Å²) in [7, 11) is 1.39. The van der Waals surface area contributed by atoms with E-state index in [0.29, 0.717) is 18.7 Å². The fraction of sp³-hybridized carbons (Fsp3) is 0.185. The molecule has 0 bridgehead atoms. The van der Waals surface area contributed by atoms with Gasteiger partial charge in [0.2, 0.25) is 0 Å². The molecule has 5 nitrogen and oxygen atoms in total. The van der Waals surface area contributed by atoms with Gasteiger partial charge < -0.3 is 14.0 Å². The van der Waals surface area contributed by atoms with Crippen LogP contribution in [0.15, 0.2) is 67.0 Å². The predicted octanol–water partition coefficient (Wildman–Crippen LogP) is 5.46. The van der Waals surface area contributed by atoms with Gasteiger partial charge in [-0.05, 0) is 72.0 Å². The van der Waals surface area contributed by atoms with Gasteiger partial charge in [0.25, 0.3) is 0 Å². The Hall–Kier alpha value is -3.86. The predicted molar refractivity (Wildman–Crippen MR) is 125 cm³/mol. The molecule has 160 valence electrons. The molecule has 2 heterocycles. The number of carbonyl (C=O) groups is 1. The number of hydrogen-bond acceptors (Lipinski definition) is 4. The minimum atomic E-state index is -0.365. The third-order valence-corrected chi connectivity index (χ3v) is 6.11. The molecule has 0 atom stereocenters. The van der Waals surface area contributed by atoms with Gasteiger partial charge in [0.1, 0.15) is 12.4 Å². The third kappa shape index (κ3) is 3.46. The lowest BCUT2D eigenvalue weighted by molar-refractivity contribution is 0.0600. The summed E-state index contributed by atoms with van der Waals surface area (Å²) in [6, 6.07) is 18.0. The van der Waals surface area contributed by atoms with Crippen LogP contribution in [-0.2, 0) is 17.9 Å². The number of nitrogens with zero attached hydrogens (tertiary/aromatic N) is 2. The molecule has 4 aromatic rings. The molecule has 32 heavy (non-hydrogen) atoms. The maximum atomic E-state index is 12.2. The molecular formula is C27H24N2O3. The van der Waals surface area contributed by atoms with Gasteiger partial charge in [-0.1, -0.05) is 30.3 Å². The molecule has 0 saturated carbocycles. The highest BCUT2D eigenvalue weighted by Crippen LogP contribution is 2.37. The van der Waals surface area contributed by atoms with E-state index in [1.807, 2.05) is 30.6 Å². The number of esters is 1. The second-order valence-electron chi connectivity index (χ2n) is 8.09. The van der Waals surface area contributed by atoms with Gasteiger partial charge in [0, 0.05) is 12.1 Å². The van der Waals surface area contributed by atoms with Crippen molar-refractivity contribution in [1.82, 2.24) is 9.55 Å². The topological polar surface area (TPSA) is 53.4 Å². The molecule has 0 N–H and O–H groups in total. The Bertz CT molecular complexity index is 1380. The molecule has 0 spiro atoms. The maximum absolute atomic E-state index is 12.2. The first kappa shape index (κ1) is 20.1. The van der Waals surface area contributed by atoms with Crippen molar-refractivity contribution in [3.8, 4) is 5.75 Å². The second kappa shape index (κ2) is 8.00. The lowest BCUT2D eigenvalue weighted by atomic mass is 9.93. The molecule has 0 aliphatic carbocycles. The van der Waals surface area contributed by atoms with Crippen molar-refractivity contribution in [1.29, 1.82) is 0 Å². The Morgan fingerprint density at radius 3 is 2.75 bits per heavy atom. The number of aromatic nitrogens is 2. The lowest BCUT2D eigenvalue weighted by Crippen LogP contribution is -2.03. The highest BCUT2D eigenvalue weighted by Gasteiger charge is 2.21. The fourth-order valence-electron chi connectivity index (χ4n) is 4.19. The van der Waals surface area contributed by atoms with Crippen LogP contribution >= 0.6 is 0 Å². The molecule has 5 rings (SSSR count). The number of imidazole rings is 1. The smallest absolute Gasteiger partial charge is 0.337 e. The summed E-state index contributed by atoms with van der Waals surface area (Å²) in [5, 5.41) is 0. The first-order valence-corrected chi connectivity index (χ1v) is 10.6. The molecule has 0 amide bonds. The summed E-state index contributed by atoms with van der Waals surface area (Å²) >= 11 is 0. The standard InChI is InChI=1S/C27H24N2O3/c1-17-12-24-25(13-18(17)2)29(16-28-24)11-10-22-21-7-5-4-6-20(21)15-32-26-9-8-19(14-23(22)26)27(30)31-3/h4-10,12-14,16H,11,15H2,1-3H3/b22-10+. The number of benzene rings is 3. The van der Waals surface area contributed by atoms with E-state index in [1.54, 1.807) is 6.07 Å². The summed E-state index contributed by atoms with van der Waals surface area (Å²) in [5.41, 5.74) is 9.20. The van der Waals surface area contributed by atoms with Crippen molar-refractivity contribution in [2.45, 2.75) is 27.0 Å². The first-order valence-electron chi connectivity index (χ1n) is 10.6. The van der Waals surface area contributed by atoms with Crippen molar-refractivity contribution in [3.05, 3.63) is 100 Å². The first-order chi connectivity index (χ1) is 15.5. The number of aryl methyl sites for hydroxylation is 2. The number of carbonyl (C=O) groups excluding carboxylic acids is 1. The van der Waals surface area contributed by atoms with Gasteiger partial charge in [-0.25, -0.2) is 9.78 Å². The fourth-order valence-corrected chi connectivity index (χ4v) is 4.19. The van der Waals surface area contributed by atoms with E-state index >= 15 is 0 Å². The molecule has 1 aliphatic rings. The van der Waals surface area contributed by atoms with Crippen molar-refractivity contribution < 1.29 is 14.3 Å². The molecule has 5 heteroatoms. The van der Waals surface area contributed by atoms with Crippen molar-refractivity contribution >= 4 is 22.6 Å². The molecule has 1 aliphatic heterocycles. The van der Waals surface area contributed by atoms with Gasteiger partial charge in [-0.2, -0.15) is 0 Å². The van der Waals surface area contributed by atoms with Crippen LogP contribution in [0.3, 0.4) is 0 Å². The van der Waals surface area contributed by atoms with Crippen LogP contribution in [0.5, 0.6) is 5.75 Å². The summed E-state index contributed by atoms with van der Waals surface area (Å²) in [6.45, 7) is 5.34. The summed E-state index contributed by atoms with van der Waals surface area (Å²) < 4.78 is 13.2. The van der Waals surface area contributed by atoms with E-state index in [-0.39, 0.29) is 5.97 Å². The summed E-state index contributed by atoms with van der Waals surface area (Å²) in [6.07, 6.45) is 4.06. The average Bonchev–Trinajstić information content (AvgIpc) is 3.11. The Kier molecular flexibility index (Phi) is 5.02. The van der Waals surface area contributed by atoms with Crippen LogP contribution in [0.2, 0.25) is 0 Å². The Morgan fingerprint density at radius 1 is 1.09 bits per heavy atom. The molecule has 0 fully saturated rings. The molecule has 0 radical (unpaired) electrons. The second-order valence-corrected chi connectivity index (χ2v) is 8.09. The summed E-state index contributed by atoms with van der Waals surface area (Å²) in [4.78, 5) is 16.8. The highest BCUT2D eigenvalue weighted by atomic mass is 16.5. The molecule has 0 unspecified atom stereocenters. The van der Waals surface area contributed by atoms with Gasteiger partial charge in [-0.3, -0.25) is 0 Å². The molecule has 0 saturated heterocycles. The van der Waals surface area contributed by atoms with Gasteiger partial charge in [0.15, 0.2) is 0 Å². The van der Waals surface area contributed by atoms with Crippen LogP contribution in [0, 0.1) is 13.8 Å². The van der Waals surface area contributed by atoms with Crippen molar-refractivity contribution in [2.24, 2.45) is 0 Å². The number of fused-ring (bicyclic) bond motifs is 3. The van der Waals surface area contributed by atoms with E-state index in [4.69, 9.17) is 9.47 Å². The largest absolute Gasteiger partial charge is 0.488 e. The number of ether oxygens (including phenoxy) is 2. The van der Waals surface area contributed by atoms with Crippen LogP contribution in [0.1, 0.15) is 38.2 Å². The van der Waals surface area contributed by atoms with Crippen LogP contribution in [-0.4, -0.2) is 22.6 Å². The SMILES string of the molecule is COC(=O)c1ccc2c(c1)/C(=C/Cn1cnc3cc(C)c(C)cc31)c1ccccc1CO2. The van der Waals surface area contributed by atoms with Gasteiger partial charge >= 0.3 is 5.97 Å². The van der Waals surface area contributed by atoms with Gasteiger partial charge in [-0.15, -0.1) is 0 Å². The van der Waals surface area contributed by atoms with E-state index in [9.17, 15) is 4.79 Å². The minimum absolute atomic E-state index is 0.365. The van der Waals surface area contributed by atoms with Gasteiger partial charge in [0.05, 0.1) is 30.0 Å². The molecule has 1 aromatic heterocycles. The monoisotopic (exact) mass is 424 g/mol. The Balaban J connectivity index is 1.65. The number of allylic oxidation sites excluding steroid dienone is 1. The summed E-state index contributed by atoms with van der Waals surface area (Å²) in [5.74, 6) is 0.387. The van der Waals surface area contributed by atoms with Crippen molar-refractivity contribution in [3.63, 3.8) is 0 Å². The zero-order valence-corrected chi connectivity index (χ0v) is 18.4. The number of hydrogen-bond donors (Lipinski definition) is 0. The average molecular weight is 425 g/mol. The molecule has 3 aromatic carbocycles. The van der Waals surface area contributed by atoms with Crippen LogP contribution in [0.25, 0.3) is 16.6 Å². The maximum Gasteiger partial charge on any atom is 0.337 e. The van der Waals surface area contributed by atoms with Crippen LogP contribution in [0.4, 0.5) is 0 Å². The lowest BCUT2D eigenvalue weighted by Gasteiger charge is -2.12. The minimum Gasteiger partial charge on any atom is -0.488 e. The van der Waals surface area contributed by atoms with Crippen molar-refractivity contribution in [2.75, 3.05) is 7.11 Å². The quantitative estimate of drug-likeness (QED) is 0.410. The number of rotatable bonds is 3. The van der Waals surface area contributed by atoms with E-state index in [2.05, 4.69) is 53.7 Å². The normalized spacial score (nSPS) is 13.9. The Labute approximate surface area is 186 Å². The zero-order chi connectivity index (χ0) is 22.2. The Morgan fingerprint density at radius 2 is 1.91 bits per heavy atom. The van der Waals surface area contributed by atoms with Crippen LogP contribution < -0.4 is 4.74 Å². The third-order valence-electron chi connectivity index (χ3n) is 6.11. The van der Waals surface area contributed by atoms with E-state index in [0.717, 1.165) is 39.0 Å². The van der Waals surface area contributed by atoms with E-state index in [1.165, 1.54) is 18.2 Å². The number of methoxy groups -OCH3 is 1. The highest BCUT2D eigenvalue weighted by molar-refractivity contribution is 5.93. The zero-order valence-electron chi connectivity index (χ0n) is 18.4.